The van der Waals surface area contributed by atoms with Crippen molar-refractivity contribution in [3.63, 3.8) is 0 Å². The van der Waals surface area contributed by atoms with E-state index >= 15 is 0 Å². The van der Waals surface area contributed by atoms with Crippen molar-refractivity contribution >= 4 is 5.95 Å². The summed E-state index contributed by atoms with van der Waals surface area (Å²) in [6.07, 6.45) is 0. The van der Waals surface area contributed by atoms with E-state index in [2.05, 4.69) is 25.5 Å². The Morgan fingerprint density at radius 1 is 1.21 bits per heavy atom. The smallest absolute Gasteiger partial charge is 0.323 e. The predicted octanol–water partition coefficient (Wildman–Crippen LogP) is 0.667. The number of anilines is 1. The number of nitrogens with one attached hydrogen (secondary N) is 1. The minimum atomic E-state index is 0.214. The SMILES string of the molecule is CCOc1nc(NN)nc(-n2nc(C)c(C)c2C)n1. The largest absolute Gasteiger partial charge is 0.464 e. The van der Waals surface area contributed by atoms with Crippen LogP contribution in [0, 0.1) is 20.8 Å². The van der Waals surface area contributed by atoms with Crippen molar-refractivity contribution in [1.29, 1.82) is 0 Å². The third kappa shape index (κ3) is 2.48. The van der Waals surface area contributed by atoms with Crippen molar-refractivity contribution in [1.82, 2.24) is 24.7 Å². The highest BCUT2D eigenvalue weighted by molar-refractivity contribution is 5.32. The maximum atomic E-state index is 5.35. The highest BCUT2D eigenvalue weighted by atomic mass is 16.5. The summed E-state index contributed by atoms with van der Waals surface area (Å²) in [7, 11) is 0. The predicted molar refractivity (Wildman–Crippen MR) is 70.1 cm³/mol. The van der Waals surface area contributed by atoms with Crippen molar-refractivity contribution in [3.8, 4) is 12.0 Å². The van der Waals surface area contributed by atoms with Crippen LogP contribution in [0.5, 0.6) is 6.01 Å². The number of aryl methyl sites for hydroxylation is 1. The summed E-state index contributed by atoms with van der Waals surface area (Å²) in [5.74, 6) is 5.96. The van der Waals surface area contributed by atoms with Crippen molar-refractivity contribution < 1.29 is 4.74 Å². The Morgan fingerprint density at radius 3 is 2.47 bits per heavy atom. The molecule has 0 unspecified atom stereocenters. The van der Waals surface area contributed by atoms with Gasteiger partial charge < -0.3 is 4.74 Å². The molecule has 0 aliphatic heterocycles. The molecule has 0 saturated carbocycles. The van der Waals surface area contributed by atoms with Crippen molar-refractivity contribution in [3.05, 3.63) is 17.0 Å². The average Bonchev–Trinajstić information content (AvgIpc) is 2.66. The molecule has 0 bridgehead atoms. The van der Waals surface area contributed by atoms with Gasteiger partial charge in [0.05, 0.1) is 12.3 Å². The molecule has 0 aromatic carbocycles. The van der Waals surface area contributed by atoms with E-state index in [0.717, 1.165) is 17.0 Å². The molecule has 0 atom stereocenters. The van der Waals surface area contributed by atoms with Gasteiger partial charge >= 0.3 is 6.01 Å². The standard InChI is InChI=1S/C11H17N7O/c1-5-19-11-14-9(16-12)13-10(15-11)18-8(4)6(2)7(3)17-18/h5,12H2,1-4H3,(H,13,14,15,16). The molecule has 0 spiro atoms. The molecule has 0 fully saturated rings. The van der Waals surface area contributed by atoms with E-state index in [-0.39, 0.29) is 12.0 Å². The molecule has 8 heteroatoms. The monoisotopic (exact) mass is 263 g/mol. The lowest BCUT2D eigenvalue weighted by atomic mass is 10.2. The van der Waals surface area contributed by atoms with Crippen molar-refractivity contribution in [2.45, 2.75) is 27.7 Å². The number of hydrogen-bond donors (Lipinski definition) is 2. The second kappa shape index (κ2) is 5.19. The van der Waals surface area contributed by atoms with Crippen LogP contribution in [0.4, 0.5) is 5.95 Å². The first-order valence-corrected chi connectivity index (χ1v) is 5.95. The van der Waals surface area contributed by atoms with Crippen LogP contribution in [0.2, 0.25) is 0 Å². The fourth-order valence-corrected chi connectivity index (χ4v) is 1.61. The summed E-state index contributed by atoms with van der Waals surface area (Å²) >= 11 is 0. The van der Waals surface area contributed by atoms with Crippen LogP contribution in [0.3, 0.4) is 0 Å². The van der Waals surface area contributed by atoms with Crippen LogP contribution >= 0.6 is 0 Å². The average molecular weight is 263 g/mol. The Balaban J connectivity index is 2.54. The fraction of sp³-hybridized carbons (Fsp3) is 0.455. The normalized spacial score (nSPS) is 10.6. The van der Waals surface area contributed by atoms with Gasteiger partial charge in [-0.2, -0.15) is 20.1 Å². The second-order valence-corrected chi connectivity index (χ2v) is 4.03. The molecule has 2 rings (SSSR count). The van der Waals surface area contributed by atoms with Gasteiger partial charge in [-0.05, 0) is 33.3 Å². The molecule has 2 aromatic heterocycles. The summed E-state index contributed by atoms with van der Waals surface area (Å²) in [4.78, 5) is 12.4. The van der Waals surface area contributed by atoms with Gasteiger partial charge in [-0.15, -0.1) is 0 Å². The molecule has 8 nitrogen and oxygen atoms in total. The maximum absolute atomic E-state index is 5.35. The van der Waals surface area contributed by atoms with Crippen LogP contribution in [-0.2, 0) is 0 Å². The van der Waals surface area contributed by atoms with Gasteiger partial charge in [0, 0.05) is 5.69 Å². The molecule has 3 N–H and O–H groups in total. The number of nitrogen functional groups attached to an aromatic ring is 1. The number of ether oxygens (including phenoxy) is 1. The number of rotatable bonds is 4. The Kier molecular flexibility index (Phi) is 3.61. The zero-order valence-corrected chi connectivity index (χ0v) is 11.4. The van der Waals surface area contributed by atoms with Gasteiger partial charge in [-0.1, -0.05) is 0 Å². The first-order chi connectivity index (χ1) is 9.06. The van der Waals surface area contributed by atoms with Gasteiger partial charge in [0.15, 0.2) is 0 Å². The molecule has 0 aliphatic rings. The summed E-state index contributed by atoms with van der Waals surface area (Å²) in [6, 6.07) is 0.214. The van der Waals surface area contributed by atoms with Gasteiger partial charge in [-0.3, -0.25) is 5.43 Å². The molecule has 2 heterocycles. The van der Waals surface area contributed by atoms with E-state index in [4.69, 9.17) is 10.6 Å². The molecule has 0 saturated heterocycles. The lowest BCUT2D eigenvalue weighted by molar-refractivity contribution is 0.311. The van der Waals surface area contributed by atoms with Crippen LogP contribution in [0.1, 0.15) is 23.9 Å². The van der Waals surface area contributed by atoms with Crippen molar-refractivity contribution in [2.24, 2.45) is 5.84 Å². The molecule has 0 amide bonds. The summed E-state index contributed by atoms with van der Waals surface area (Å²) < 4.78 is 6.94. The van der Waals surface area contributed by atoms with Gasteiger partial charge in [-0.25, -0.2) is 10.5 Å². The van der Waals surface area contributed by atoms with Crippen LogP contribution in [0.15, 0.2) is 0 Å². The topological polar surface area (TPSA) is 104 Å². The third-order valence-electron chi connectivity index (χ3n) is 2.85. The van der Waals surface area contributed by atoms with Gasteiger partial charge in [0.1, 0.15) is 0 Å². The Labute approximate surface area is 111 Å². The summed E-state index contributed by atoms with van der Waals surface area (Å²) in [5.41, 5.74) is 5.39. The molecule has 2 aromatic rings. The second-order valence-electron chi connectivity index (χ2n) is 4.03. The fourth-order valence-electron chi connectivity index (χ4n) is 1.61. The van der Waals surface area contributed by atoms with E-state index < -0.39 is 0 Å². The number of hydrogen-bond acceptors (Lipinski definition) is 7. The number of nitrogens with two attached hydrogens (primary N) is 1. The first-order valence-electron chi connectivity index (χ1n) is 5.95. The lowest BCUT2D eigenvalue weighted by Gasteiger charge is -2.07. The van der Waals surface area contributed by atoms with Gasteiger partial charge in [0.2, 0.25) is 5.95 Å². The first kappa shape index (κ1) is 13.2. The number of hydrazine groups is 1. The Bertz CT molecular complexity index is 593. The highest BCUT2D eigenvalue weighted by Gasteiger charge is 2.14. The zero-order chi connectivity index (χ0) is 14.0. The van der Waals surface area contributed by atoms with Crippen LogP contribution in [0.25, 0.3) is 5.95 Å². The van der Waals surface area contributed by atoms with E-state index in [9.17, 15) is 0 Å². The highest BCUT2D eigenvalue weighted by Crippen LogP contribution is 2.16. The maximum Gasteiger partial charge on any atom is 0.323 e. The van der Waals surface area contributed by atoms with E-state index in [0.29, 0.717) is 12.6 Å². The van der Waals surface area contributed by atoms with Crippen LogP contribution < -0.4 is 16.0 Å². The number of aromatic nitrogens is 5. The Hall–Kier alpha value is -2.22. The summed E-state index contributed by atoms with van der Waals surface area (Å²) in [6.45, 7) is 8.21. The molecule has 0 radical (unpaired) electrons. The quantitative estimate of drug-likeness (QED) is 0.617. The van der Waals surface area contributed by atoms with Crippen LogP contribution in [-0.4, -0.2) is 31.3 Å². The summed E-state index contributed by atoms with van der Waals surface area (Å²) in [5, 5.41) is 4.40. The van der Waals surface area contributed by atoms with E-state index in [1.54, 1.807) is 4.68 Å². The minimum Gasteiger partial charge on any atom is -0.464 e. The van der Waals surface area contributed by atoms with E-state index in [1.165, 1.54) is 0 Å². The molecule has 102 valence electrons. The van der Waals surface area contributed by atoms with E-state index in [1.807, 2.05) is 27.7 Å². The minimum absolute atomic E-state index is 0.214. The van der Waals surface area contributed by atoms with Gasteiger partial charge in [0.25, 0.3) is 5.95 Å². The Morgan fingerprint density at radius 2 is 1.95 bits per heavy atom. The lowest BCUT2D eigenvalue weighted by Crippen LogP contribution is -2.15. The molecule has 0 aliphatic carbocycles. The molecular weight excluding hydrogens is 246 g/mol. The molecular formula is C11H17N7O. The number of nitrogens with zero attached hydrogens (tertiary/aromatic N) is 5. The molecule has 19 heavy (non-hydrogen) atoms. The van der Waals surface area contributed by atoms with Crippen molar-refractivity contribution in [2.75, 3.05) is 12.0 Å². The zero-order valence-electron chi connectivity index (χ0n) is 11.4. The third-order valence-corrected chi connectivity index (χ3v) is 2.85.